The monoisotopic (exact) mass is 359 g/mol. The number of hydrogen-bond acceptors (Lipinski definition) is 2. The lowest BCUT2D eigenvalue weighted by Gasteiger charge is -2.19. The van der Waals surface area contributed by atoms with Crippen molar-refractivity contribution in [2.24, 2.45) is 0 Å². The quantitative estimate of drug-likeness (QED) is 0.464. The maximum Gasteiger partial charge on any atom is 0.141 e. The second-order valence-electron chi connectivity index (χ2n) is 7.37. The zero-order valence-corrected chi connectivity index (χ0v) is 16.8. The standard InChI is InChI=1S/C23H25NOSi/c1-25-23-15-8-7-14-22(23)24-21(16-17-26(2,3)4)20-13-9-11-18-10-5-6-12-19(18)20/h5-15,21,24H,1-4H3/t21-/m0/s1. The molecule has 0 fully saturated rings. The summed E-state index contributed by atoms with van der Waals surface area (Å²) in [5.74, 6) is 4.34. The highest BCUT2D eigenvalue weighted by atomic mass is 28.3. The molecule has 1 atom stereocenters. The highest BCUT2D eigenvalue weighted by Gasteiger charge is 2.15. The van der Waals surface area contributed by atoms with Gasteiger partial charge in [-0.25, -0.2) is 0 Å². The zero-order chi connectivity index (χ0) is 18.6. The number of ether oxygens (including phenoxy) is 1. The largest absolute Gasteiger partial charge is 0.495 e. The normalized spacial score (nSPS) is 12.2. The highest BCUT2D eigenvalue weighted by Crippen LogP contribution is 2.31. The van der Waals surface area contributed by atoms with Crippen molar-refractivity contribution in [2.75, 3.05) is 12.4 Å². The van der Waals surface area contributed by atoms with Gasteiger partial charge in [0.05, 0.1) is 12.8 Å². The Morgan fingerprint density at radius 3 is 2.35 bits per heavy atom. The molecule has 132 valence electrons. The summed E-state index contributed by atoms with van der Waals surface area (Å²) in [5.41, 5.74) is 5.68. The van der Waals surface area contributed by atoms with Crippen molar-refractivity contribution in [2.45, 2.75) is 25.7 Å². The molecule has 0 aliphatic carbocycles. The Morgan fingerprint density at radius 1 is 0.885 bits per heavy atom. The van der Waals surface area contributed by atoms with Crippen molar-refractivity contribution in [1.82, 2.24) is 0 Å². The minimum absolute atomic E-state index is 0.0934. The van der Waals surface area contributed by atoms with E-state index in [1.165, 1.54) is 16.3 Å². The molecule has 0 bridgehead atoms. The van der Waals surface area contributed by atoms with Crippen LogP contribution in [-0.4, -0.2) is 15.2 Å². The molecule has 0 amide bonds. The summed E-state index contributed by atoms with van der Waals surface area (Å²) in [7, 11) is 0.204. The SMILES string of the molecule is COc1ccccc1N[C@@H](C#C[Si](C)(C)C)c1cccc2ccccc12. The first-order valence-corrected chi connectivity index (χ1v) is 12.4. The third kappa shape index (κ3) is 4.28. The number of fused-ring (bicyclic) bond motifs is 1. The predicted octanol–water partition coefficient (Wildman–Crippen LogP) is 5.88. The van der Waals surface area contributed by atoms with E-state index in [2.05, 4.69) is 78.9 Å². The van der Waals surface area contributed by atoms with Gasteiger partial charge in [0.2, 0.25) is 0 Å². The molecular weight excluding hydrogens is 334 g/mol. The smallest absolute Gasteiger partial charge is 0.141 e. The molecule has 0 spiro atoms. The first-order valence-electron chi connectivity index (χ1n) is 8.88. The van der Waals surface area contributed by atoms with Crippen LogP contribution in [0.4, 0.5) is 5.69 Å². The van der Waals surface area contributed by atoms with E-state index in [-0.39, 0.29) is 6.04 Å². The maximum absolute atomic E-state index is 5.51. The summed E-state index contributed by atoms with van der Waals surface area (Å²) in [4.78, 5) is 0. The fourth-order valence-electron chi connectivity index (χ4n) is 2.90. The minimum Gasteiger partial charge on any atom is -0.495 e. The van der Waals surface area contributed by atoms with E-state index in [0.717, 1.165) is 11.4 Å². The van der Waals surface area contributed by atoms with Crippen molar-refractivity contribution < 1.29 is 4.74 Å². The Bertz CT molecular complexity index is 958. The van der Waals surface area contributed by atoms with Crippen LogP contribution < -0.4 is 10.1 Å². The Hall–Kier alpha value is -2.70. The molecule has 0 saturated heterocycles. The van der Waals surface area contributed by atoms with Gasteiger partial charge in [-0.2, -0.15) is 0 Å². The third-order valence-corrected chi connectivity index (χ3v) is 5.03. The van der Waals surface area contributed by atoms with Gasteiger partial charge in [0.15, 0.2) is 0 Å². The molecule has 1 N–H and O–H groups in total. The first kappa shape index (κ1) is 18.1. The summed E-state index contributed by atoms with van der Waals surface area (Å²) < 4.78 is 5.51. The van der Waals surface area contributed by atoms with Gasteiger partial charge in [0, 0.05) is 0 Å². The highest BCUT2D eigenvalue weighted by molar-refractivity contribution is 6.83. The van der Waals surface area contributed by atoms with Gasteiger partial charge in [-0.05, 0) is 28.5 Å². The second-order valence-corrected chi connectivity index (χ2v) is 12.1. The number of para-hydroxylation sites is 2. The van der Waals surface area contributed by atoms with Gasteiger partial charge < -0.3 is 10.1 Å². The van der Waals surface area contributed by atoms with Gasteiger partial charge in [0.1, 0.15) is 19.9 Å². The topological polar surface area (TPSA) is 21.3 Å². The molecule has 3 aromatic rings. The third-order valence-electron chi connectivity index (χ3n) is 4.13. The van der Waals surface area contributed by atoms with E-state index in [0.29, 0.717) is 0 Å². The number of nitrogens with one attached hydrogen (secondary N) is 1. The lowest BCUT2D eigenvalue weighted by atomic mass is 9.99. The van der Waals surface area contributed by atoms with Crippen molar-refractivity contribution in [3.63, 3.8) is 0 Å². The Kier molecular flexibility index (Phi) is 5.34. The van der Waals surface area contributed by atoms with Crippen LogP contribution in [0, 0.1) is 11.5 Å². The fraction of sp³-hybridized carbons (Fsp3) is 0.217. The average Bonchev–Trinajstić information content (AvgIpc) is 2.64. The van der Waals surface area contributed by atoms with Crippen LogP contribution in [0.15, 0.2) is 66.7 Å². The summed E-state index contributed by atoms with van der Waals surface area (Å²) in [6, 6.07) is 22.8. The minimum atomic E-state index is -1.49. The van der Waals surface area contributed by atoms with Crippen LogP contribution in [-0.2, 0) is 0 Å². The molecule has 0 saturated carbocycles. The summed E-state index contributed by atoms with van der Waals surface area (Å²) in [5, 5.41) is 6.06. The molecular formula is C23H25NOSi. The molecule has 26 heavy (non-hydrogen) atoms. The van der Waals surface area contributed by atoms with E-state index >= 15 is 0 Å². The summed E-state index contributed by atoms with van der Waals surface area (Å²) >= 11 is 0. The summed E-state index contributed by atoms with van der Waals surface area (Å²) in [6.07, 6.45) is 0. The van der Waals surface area contributed by atoms with Crippen LogP contribution in [0.3, 0.4) is 0 Å². The number of methoxy groups -OCH3 is 1. The average molecular weight is 360 g/mol. The number of benzene rings is 3. The molecule has 0 heterocycles. The van der Waals surface area contributed by atoms with Crippen molar-refractivity contribution in [3.8, 4) is 17.2 Å². The lowest BCUT2D eigenvalue weighted by molar-refractivity contribution is 0.416. The van der Waals surface area contributed by atoms with E-state index in [4.69, 9.17) is 4.74 Å². The second kappa shape index (κ2) is 7.68. The Balaban J connectivity index is 2.10. The molecule has 0 aliphatic rings. The van der Waals surface area contributed by atoms with Gasteiger partial charge in [-0.1, -0.05) is 80.2 Å². The number of rotatable bonds is 4. The zero-order valence-electron chi connectivity index (χ0n) is 15.8. The lowest BCUT2D eigenvalue weighted by Crippen LogP contribution is -2.18. The molecule has 0 radical (unpaired) electrons. The molecule has 0 aromatic heterocycles. The molecule has 0 aliphatic heterocycles. The van der Waals surface area contributed by atoms with E-state index in [1.54, 1.807) is 7.11 Å². The van der Waals surface area contributed by atoms with Crippen LogP contribution in [0.25, 0.3) is 10.8 Å². The van der Waals surface area contributed by atoms with Crippen LogP contribution in [0.2, 0.25) is 19.6 Å². The van der Waals surface area contributed by atoms with Crippen molar-refractivity contribution in [3.05, 3.63) is 72.3 Å². The van der Waals surface area contributed by atoms with E-state index < -0.39 is 8.07 Å². The Labute approximate surface area is 157 Å². The van der Waals surface area contributed by atoms with Gasteiger partial charge in [-0.15, -0.1) is 5.54 Å². The van der Waals surface area contributed by atoms with Crippen LogP contribution >= 0.6 is 0 Å². The Morgan fingerprint density at radius 2 is 1.58 bits per heavy atom. The fourth-order valence-corrected chi connectivity index (χ4v) is 3.48. The number of anilines is 1. The van der Waals surface area contributed by atoms with Gasteiger partial charge in [-0.3, -0.25) is 0 Å². The van der Waals surface area contributed by atoms with Gasteiger partial charge >= 0.3 is 0 Å². The molecule has 2 nitrogen and oxygen atoms in total. The van der Waals surface area contributed by atoms with Crippen molar-refractivity contribution >= 4 is 24.5 Å². The number of hydrogen-bond donors (Lipinski definition) is 1. The predicted molar refractivity (Wildman–Crippen MR) is 114 cm³/mol. The van der Waals surface area contributed by atoms with Crippen LogP contribution in [0.5, 0.6) is 5.75 Å². The maximum atomic E-state index is 5.51. The van der Waals surface area contributed by atoms with Gasteiger partial charge in [0.25, 0.3) is 0 Å². The molecule has 3 heteroatoms. The molecule has 3 rings (SSSR count). The van der Waals surface area contributed by atoms with Crippen LogP contribution in [0.1, 0.15) is 11.6 Å². The summed E-state index contributed by atoms with van der Waals surface area (Å²) in [6.45, 7) is 6.80. The molecule has 3 aromatic carbocycles. The van der Waals surface area contributed by atoms with Crippen molar-refractivity contribution in [1.29, 1.82) is 0 Å². The van der Waals surface area contributed by atoms with E-state index in [9.17, 15) is 0 Å². The first-order chi connectivity index (χ1) is 12.5. The van der Waals surface area contributed by atoms with E-state index in [1.807, 2.05) is 24.3 Å². The molecule has 0 unspecified atom stereocenters.